The first kappa shape index (κ1) is 12.4. The molecule has 1 amide bonds. The number of anilines is 1. The van der Waals surface area contributed by atoms with Crippen LogP contribution in [0.2, 0.25) is 0 Å². The van der Waals surface area contributed by atoms with Crippen molar-refractivity contribution in [1.82, 2.24) is 9.78 Å². The van der Waals surface area contributed by atoms with Crippen LogP contribution < -0.4 is 5.32 Å². The number of aromatic nitrogens is 2. The summed E-state index contributed by atoms with van der Waals surface area (Å²) in [5.74, 6) is -0.313. The molecule has 0 unspecified atom stereocenters. The Bertz CT molecular complexity index is 490. The molecule has 7 heteroatoms. The van der Waals surface area contributed by atoms with E-state index in [0.717, 1.165) is 12.3 Å². The maximum atomic E-state index is 10.9. The van der Waals surface area contributed by atoms with Crippen molar-refractivity contribution in [1.29, 1.82) is 0 Å². The predicted molar refractivity (Wildman–Crippen MR) is 60.8 cm³/mol. The van der Waals surface area contributed by atoms with Crippen molar-refractivity contribution in [3.63, 3.8) is 0 Å². The molecule has 1 rings (SSSR count). The maximum Gasteiger partial charge on any atom is 0.247 e. The summed E-state index contributed by atoms with van der Waals surface area (Å²) in [5.41, 5.74) is 0.512. The number of aryl methyl sites for hydroxylation is 1. The van der Waals surface area contributed by atoms with Crippen molar-refractivity contribution in [2.24, 2.45) is 0 Å². The van der Waals surface area contributed by atoms with E-state index >= 15 is 0 Å². The summed E-state index contributed by atoms with van der Waals surface area (Å²) in [5, 5.41) is 6.43. The number of carbonyl (C=O) groups excluding carboxylic acids is 1. The molecule has 16 heavy (non-hydrogen) atoms. The van der Waals surface area contributed by atoms with E-state index in [1.54, 1.807) is 6.20 Å². The molecule has 1 N–H and O–H groups in total. The van der Waals surface area contributed by atoms with Gasteiger partial charge in [-0.1, -0.05) is 6.58 Å². The van der Waals surface area contributed by atoms with Crippen LogP contribution in [0.1, 0.15) is 0 Å². The summed E-state index contributed by atoms with van der Waals surface area (Å²) in [7, 11) is -3.01. The molecule has 1 aromatic rings. The van der Waals surface area contributed by atoms with Gasteiger partial charge in [0.15, 0.2) is 0 Å². The standard InChI is InChI=1S/C9H13N3O3S/c1-3-9(13)11-8-6-10-12(7-8)4-5-16(2,14)15/h3,6-7H,1,4-5H2,2H3,(H,11,13). The van der Waals surface area contributed by atoms with Gasteiger partial charge in [-0.25, -0.2) is 8.42 Å². The van der Waals surface area contributed by atoms with E-state index in [4.69, 9.17) is 0 Å². The van der Waals surface area contributed by atoms with E-state index in [2.05, 4.69) is 17.0 Å². The zero-order valence-corrected chi connectivity index (χ0v) is 9.70. The molecule has 0 bridgehead atoms. The van der Waals surface area contributed by atoms with E-state index in [9.17, 15) is 13.2 Å². The van der Waals surface area contributed by atoms with Crippen molar-refractivity contribution in [3.8, 4) is 0 Å². The molecule has 1 heterocycles. The maximum absolute atomic E-state index is 10.9. The topological polar surface area (TPSA) is 81.1 Å². The van der Waals surface area contributed by atoms with Crippen molar-refractivity contribution < 1.29 is 13.2 Å². The summed E-state index contributed by atoms with van der Waals surface area (Å²) in [6.07, 6.45) is 5.32. The van der Waals surface area contributed by atoms with E-state index in [1.165, 1.54) is 10.9 Å². The quantitative estimate of drug-likeness (QED) is 0.741. The summed E-state index contributed by atoms with van der Waals surface area (Å²) >= 11 is 0. The summed E-state index contributed by atoms with van der Waals surface area (Å²) in [6, 6.07) is 0. The highest BCUT2D eigenvalue weighted by Crippen LogP contribution is 2.04. The van der Waals surface area contributed by atoms with Gasteiger partial charge in [0, 0.05) is 12.5 Å². The molecule has 1 aromatic heterocycles. The van der Waals surface area contributed by atoms with Gasteiger partial charge >= 0.3 is 0 Å². The SMILES string of the molecule is C=CC(=O)Nc1cnn(CCS(C)(=O)=O)c1. The fraction of sp³-hybridized carbons (Fsp3) is 0.333. The van der Waals surface area contributed by atoms with Crippen LogP contribution in [0, 0.1) is 0 Å². The van der Waals surface area contributed by atoms with Crippen LogP contribution in [-0.2, 0) is 21.2 Å². The number of sulfone groups is 1. The van der Waals surface area contributed by atoms with Crippen LogP contribution in [0.5, 0.6) is 0 Å². The monoisotopic (exact) mass is 243 g/mol. The van der Waals surface area contributed by atoms with Gasteiger partial charge in [0.1, 0.15) is 9.84 Å². The molecule has 0 saturated carbocycles. The minimum absolute atomic E-state index is 0.0174. The van der Waals surface area contributed by atoms with Crippen LogP contribution in [0.4, 0.5) is 5.69 Å². The van der Waals surface area contributed by atoms with E-state index in [1.807, 2.05) is 0 Å². The van der Waals surface area contributed by atoms with Crippen molar-refractivity contribution >= 4 is 21.4 Å². The lowest BCUT2D eigenvalue weighted by Crippen LogP contribution is -2.11. The molecule has 0 atom stereocenters. The highest BCUT2D eigenvalue weighted by molar-refractivity contribution is 7.90. The van der Waals surface area contributed by atoms with E-state index < -0.39 is 9.84 Å². The molecule has 0 aromatic carbocycles. The molecule has 0 radical (unpaired) electrons. The van der Waals surface area contributed by atoms with E-state index in [-0.39, 0.29) is 18.2 Å². The summed E-state index contributed by atoms with van der Waals surface area (Å²) in [4.78, 5) is 10.9. The highest BCUT2D eigenvalue weighted by atomic mass is 32.2. The number of carbonyl (C=O) groups is 1. The minimum Gasteiger partial charge on any atom is -0.320 e. The smallest absolute Gasteiger partial charge is 0.247 e. The lowest BCUT2D eigenvalue weighted by atomic mass is 10.5. The van der Waals surface area contributed by atoms with Gasteiger partial charge in [0.25, 0.3) is 0 Å². The molecular weight excluding hydrogens is 230 g/mol. The number of hydrogen-bond donors (Lipinski definition) is 1. The Balaban J connectivity index is 2.58. The Morgan fingerprint density at radius 2 is 2.38 bits per heavy atom. The number of hydrogen-bond acceptors (Lipinski definition) is 4. The minimum atomic E-state index is -3.01. The lowest BCUT2D eigenvalue weighted by molar-refractivity contribution is -0.111. The molecule has 0 fully saturated rings. The third-order valence-electron chi connectivity index (χ3n) is 1.78. The second-order valence-corrected chi connectivity index (χ2v) is 5.58. The largest absolute Gasteiger partial charge is 0.320 e. The Hall–Kier alpha value is -1.63. The first-order valence-electron chi connectivity index (χ1n) is 4.54. The summed E-state index contributed by atoms with van der Waals surface area (Å²) < 4.78 is 23.3. The fourth-order valence-corrected chi connectivity index (χ4v) is 1.52. The van der Waals surface area contributed by atoms with Crippen LogP contribution in [0.15, 0.2) is 25.0 Å². The second-order valence-electron chi connectivity index (χ2n) is 3.32. The number of nitrogens with one attached hydrogen (secondary N) is 1. The van der Waals surface area contributed by atoms with Crippen LogP contribution in [-0.4, -0.2) is 36.1 Å². The molecule has 6 nitrogen and oxygen atoms in total. The molecule has 0 saturated heterocycles. The third-order valence-corrected chi connectivity index (χ3v) is 2.70. The first-order chi connectivity index (χ1) is 7.40. The predicted octanol–water partition coefficient (Wildman–Crippen LogP) is 0.0522. The molecular formula is C9H13N3O3S. The number of nitrogens with zero attached hydrogens (tertiary/aromatic N) is 2. The highest BCUT2D eigenvalue weighted by Gasteiger charge is 2.05. The molecule has 0 spiro atoms. The first-order valence-corrected chi connectivity index (χ1v) is 6.60. The number of rotatable bonds is 5. The van der Waals surface area contributed by atoms with Gasteiger partial charge in [-0.15, -0.1) is 0 Å². The Morgan fingerprint density at radius 3 is 2.94 bits per heavy atom. The van der Waals surface area contributed by atoms with Crippen molar-refractivity contribution in [2.45, 2.75) is 6.54 Å². The van der Waals surface area contributed by atoms with E-state index in [0.29, 0.717) is 5.69 Å². The molecule has 0 aliphatic heterocycles. The molecule has 0 aliphatic carbocycles. The van der Waals surface area contributed by atoms with Gasteiger partial charge in [0.05, 0.1) is 24.2 Å². The van der Waals surface area contributed by atoms with Gasteiger partial charge in [0.2, 0.25) is 5.91 Å². The van der Waals surface area contributed by atoms with Gasteiger partial charge < -0.3 is 5.32 Å². The van der Waals surface area contributed by atoms with Gasteiger partial charge in [-0.05, 0) is 6.08 Å². The normalized spacial score (nSPS) is 11.1. The Labute approximate surface area is 93.9 Å². The van der Waals surface area contributed by atoms with Crippen LogP contribution in [0.3, 0.4) is 0 Å². The second kappa shape index (κ2) is 4.93. The Kier molecular flexibility index (Phi) is 3.83. The Morgan fingerprint density at radius 1 is 1.69 bits per heavy atom. The average Bonchev–Trinajstić information content (AvgIpc) is 2.61. The van der Waals surface area contributed by atoms with Crippen molar-refractivity contribution in [3.05, 3.63) is 25.0 Å². The lowest BCUT2D eigenvalue weighted by Gasteiger charge is -1.99. The summed E-state index contributed by atoms with van der Waals surface area (Å²) in [6.45, 7) is 3.58. The fourth-order valence-electron chi connectivity index (χ4n) is 1.00. The molecule has 0 aliphatic rings. The zero-order chi connectivity index (χ0) is 12.2. The van der Waals surface area contributed by atoms with Gasteiger partial charge in [-0.3, -0.25) is 9.48 Å². The average molecular weight is 243 g/mol. The zero-order valence-electron chi connectivity index (χ0n) is 8.88. The van der Waals surface area contributed by atoms with Gasteiger partial charge in [-0.2, -0.15) is 5.10 Å². The van der Waals surface area contributed by atoms with Crippen LogP contribution >= 0.6 is 0 Å². The van der Waals surface area contributed by atoms with Crippen LogP contribution in [0.25, 0.3) is 0 Å². The number of amides is 1. The van der Waals surface area contributed by atoms with Crippen molar-refractivity contribution in [2.75, 3.05) is 17.3 Å². The third kappa shape index (κ3) is 4.26. The molecule has 88 valence electrons.